The minimum atomic E-state index is -0.383. The van der Waals surface area contributed by atoms with Crippen LogP contribution in [0, 0.1) is 0 Å². The zero-order valence-corrected chi connectivity index (χ0v) is 9.96. The summed E-state index contributed by atoms with van der Waals surface area (Å²) in [4.78, 5) is 5.61. The zero-order chi connectivity index (χ0) is 13.5. The lowest BCUT2D eigenvalue weighted by Crippen LogP contribution is -1.96. The quantitative estimate of drug-likeness (QED) is 0.413. The third-order valence-corrected chi connectivity index (χ3v) is 2.65. The smallest absolute Gasteiger partial charge is 0.0812 e. The van der Waals surface area contributed by atoms with Crippen LogP contribution in [0.25, 0.3) is 20.9 Å². The summed E-state index contributed by atoms with van der Waals surface area (Å²) >= 11 is 0. The van der Waals surface area contributed by atoms with Gasteiger partial charge < -0.3 is 0 Å². The van der Waals surface area contributed by atoms with Gasteiger partial charge in [-0.05, 0) is 22.2 Å². The molecule has 0 radical (unpaired) electrons. The molecule has 6 nitrogen and oxygen atoms in total. The van der Waals surface area contributed by atoms with E-state index in [1.165, 1.54) is 0 Å². The first-order chi connectivity index (χ1) is 9.35. The van der Waals surface area contributed by atoms with E-state index in [0.29, 0.717) is 5.69 Å². The lowest BCUT2D eigenvalue weighted by molar-refractivity contribution is 0.859. The van der Waals surface area contributed by atoms with E-state index >= 15 is 0 Å². The van der Waals surface area contributed by atoms with E-state index in [4.69, 9.17) is 11.1 Å². The maximum atomic E-state index is 8.69. The van der Waals surface area contributed by atoms with Crippen LogP contribution >= 0.6 is 0 Å². The second-order valence-corrected chi connectivity index (χ2v) is 3.80. The molecule has 0 aliphatic heterocycles. The van der Waals surface area contributed by atoms with Crippen molar-refractivity contribution in [3.05, 3.63) is 86.6 Å². The van der Waals surface area contributed by atoms with Crippen molar-refractivity contribution in [2.75, 3.05) is 0 Å². The Balaban J connectivity index is 2.40. The maximum Gasteiger partial charge on any atom is 0.0876 e. The molecule has 0 amide bonds. The number of benzene rings is 2. The summed E-state index contributed by atoms with van der Waals surface area (Å²) in [6.07, 6.45) is 0. The Bertz CT molecular complexity index is 637. The first-order valence-corrected chi connectivity index (χ1v) is 5.59. The molecule has 0 spiro atoms. The van der Waals surface area contributed by atoms with Crippen molar-refractivity contribution in [1.82, 2.24) is 0 Å². The van der Waals surface area contributed by atoms with Crippen LogP contribution in [-0.2, 0) is 0 Å². The molecule has 0 fully saturated rings. The van der Waals surface area contributed by atoms with Gasteiger partial charge >= 0.3 is 0 Å². The average molecular weight is 250 g/mol. The number of hydrogen-bond acceptors (Lipinski definition) is 2. The summed E-state index contributed by atoms with van der Waals surface area (Å²) in [5, 5.41) is 7.32. The molecule has 2 aromatic carbocycles. The van der Waals surface area contributed by atoms with Crippen LogP contribution in [0.1, 0.15) is 17.2 Å². The van der Waals surface area contributed by atoms with E-state index < -0.39 is 0 Å². The van der Waals surface area contributed by atoms with Crippen molar-refractivity contribution in [3.63, 3.8) is 0 Å². The van der Waals surface area contributed by atoms with Gasteiger partial charge in [0.25, 0.3) is 0 Å². The van der Waals surface area contributed by atoms with Crippen molar-refractivity contribution in [3.8, 4) is 0 Å². The average Bonchev–Trinajstić information content (AvgIpc) is 2.47. The van der Waals surface area contributed by atoms with Crippen molar-refractivity contribution in [1.29, 1.82) is 0 Å². The number of hydrogen-bond donors (Lipinski definition) is 0. The summed E-state index contributed by atoms with van der Waals surface area (Å²) in [7, 11) is 0. The van der Waals surface area contributed by atoms with Crippen molar-refractivity contribution in [2.24, 2.45) is 10.2 Å². The highest BCUT2D eigenvalue weighted by molar-refractivity contribution is 5.42. The van der Waals surface area contributed by atoms with Gasteiger partial charge in [-0.1, -0.05) is 64.8 Å². The van der Waals surface area contributed by atoms with E-state index in [0.717, 1.165) is 11.1 Å². The number of azide groups is 2. The van der Waals surface area contributed by atoms with Crippen LogP contribution in [0.5, 0.6) is 0 Å². The highest BCUT2D eigenvalue weighted by atomic mass is 15.1. The van der Waals surface area contributed by atoms with Gasteiger partial charge in [-0.2, -0.15) is 0 Å². The Morgan fingerprint density at radius 2 is 1.42 bits per heavy atom. The van der Waals surface area contributed by atoms with Gasteiger partial charge in [-0.15, -0.1) is 0 Å². The van der Waals surface area contributed by atoms with Gasteiger partial charge in [0.15, 0.2) is 0 Å². The fourth-order valence-electron chi connectivity index (χ4n) is 1.79. The van der Waals surface area contributed by atoms with Crippen LogP contribution in [0.4, 0.5) is 5.69 Å². The monoisotopic (exact) mass is 250 g/mol. The zero-order valence-electron chi connectivity index (χ0n) is 9.96. The summed E-state index contributed by atoms with van der Waals surface area (Å²) in [6, 6.07) is 16.1. The van der Waals surface area contributed by atoms with Crippen molar-refractivity contribution < 1.29 is 0 Å². The van der Waals surface area contributed by atoms with Crippen LogP contribution in [0.15, 0.2) is 64.8 Å². The molecule has 0 saturated carbocycles. The topological polar surface area (TPSA) is 97.5 Å². The summed E-state index contributed by atoms with van der Waals surface area (Å²) in [6.45, 7) is 0. The van der Waals surface area contributed by atoms with E-state index in [9.17, 15) is 0 Å². The molecule has 92 valence electrons. The molecule has 1 atom stereocenters. The Kier molecular flexibility index (Phi) is 4.03. The van der Waals surface area contributed by atoms with Crippen LogP contribution < -0.4 is 0 Å². The number of rotatable bonds is 4. The molecular weight excluding hydrogens is 240 g/mol. The highest BCUT2D eigenvalue weighted by Gasteiger charge is 2.11. The van der Waals surface area contributed by atoms with Gasteiger partial charge in [0.05, 0.1) is 6.04 Å². The van der Waals surface area contributed by atoms with E-state index in [2.05, 4.69) is 20.1 Å². The molecule has 6 heteroatoms. The normalized spacial score (nSPS) is 10.9. The molecule has 0 aromatic heterocycles. The maximum absolute atomic E-state index is 8.69. The Hall–Kier alpha value is -2.94. The first-order valence-electron chi connectivity index (χ1n) is 5.59. The van der Waals surface area contributed by atoms with Crippen LogP contribution in [-0.4, -0.2) is 0 Å². The molecule has 0 aliphatic rings. The Labute approximate surface area is 109 Å². The minimum Gasteiger partial charge on any atom is -0.0812 e. The summed E-state index contributed by atoms with van der Waals surface area (Å²) in [5.74, 6) is 0. The molecule has 2 rings (SSSR count). The molecule has 1 unspecified atom stereocenters. The summed E-state index contributed by atoms with van der Waals surface area (Å²) < 4.78 is 0. The summed E-state index contributed by atoms with van der Waals surface area (Å²) in [5.41, 5.74) is 19.3. The van der Waals surface area contributed by atoms with E-state index in [1.54, 1.807) is 24.3 Å². The molecule has 0 saturated heterocycles. The molecule has 19 heavy (non-hydrogen) atoms. The molecular formula is C13H10N6. The van der Waals surface area contributed by atoms with Gasteiger partial charge in [0.2, 0.25) is 0 Å². The minimum absolute atomic E-state index is 0.383. The molecule has 2 aromatic rings. The van der Waals surface area contributed by atoms with E-state index in [-0.39, 0.29) is 6.04 Å². The highest BCUT2D eigenvalue weighted by Crippen LogP contribution is 2.27. The fourth-order valence-corrected chi connectivity index (χ4v) is 1.79. The predicted molar refractivity (Wildman–Crippen MR) is 72.7 cm³/mol. The van der Waals surface area contributed by atoms with Gasteiger partial charge in [0, 0.05) is 15.5 Å². The molecule has 0 aliphatic carbocycles. The Morgan fingerprint density at radius 3 is 2.00 bits per heavy atom. The third-order valence-electron chi connectivity index (χ3n) is 2.65. The lowest BCUT2D eigenvalue weighted by atomic mass is 9.99. The SMILES string of the molecule is [N-]=[N+]=Nc1ccc(C(N=[N+]=[N-])c2ccccc2)cc1. The Morgan fingerprint density at radius 1 is 0.789 bits per heavy atom. The third kappa shape index (κ3) is 3.04. The van der Waals surface area contributed by atoms with Crippen LogP contribution in [0.2, 0.25) is 0 Å². The lowest BCUT2D eigenvalue weighted by Gasteiger charge is -2.11. The van der Waals surface area contributed by atoms with Crippen molar-refractivity contribution >= 4 is 5.69 Å². The van der Waals surface area contributed by atoms with E-state index in [1.807, 2.05) is 30.3 Å². The van der Waals surface area contributed by atoms with Gasteiger partial charge in [-0.3, -0.25) is 0 Å². The second-order valence-electron chi connectivity index (χ2n) is 3.80. The largest absolute Gasteiger partial charge is 0.0876 e. The molecule has 0 N–H and O–H groups in total. The number of nitrogens with zero attached hydrogens (tertiary/aromatic N) is 6. The second kappa shape index (κ2) is 6.12. The van der Waals surface area contributed by atoms with Gasteiger partial charge in [-0.25, -0.2) is 0 Å². The first kappa shape index (κ1) is 12.5. The fraction of sp³-hybridized carbons (Fsp3) is 0.0769. The van der Waals surface area contributed by atoms with Crippen LogP contribution in [0.3, 0.4) is 0 Å². The predicted octanol–water partition coefficient (Wildman–Crippen LogP) is 5.03. The molecule has 0 heterocycles. The molecule has 0 bridgehead atoms. The van der Waals surface area contributed by atoms with Crippen molar-refractivity contribution in [2.45, 2.75) is 6.04 Å². The van der Waals surface area contributed by atoms with Gasteiger partial charge in [0.1, 0.15) is 0 Å². The standard InChI is InChI=1S/C13H10N6/c14-18-16-12-8-6-11(7-9-12)13(17-19-15)10-4-2-1-3-5-10/h1-9,13H.